The van der Waals surface area contributed by atoms with Crippen molar-refractivity contribution in [2.75, 3.05) is 0 Å². The summed E-state index contributed by atoms with van der Waals surface area (Å²) in [6, 6.07) is 9.09. The van der Waals surface area contributed by atoms with Gasteiger partial charge in [0.25, 0.3) is 5.56 Å². The topological polar surface area (TPSA) is 69.5 Å². The zero-order valence-electron chi connectivity index (χ0n) is 8.69. The number of H-pyrrole nitrogens is 1. The van der Waals surface area contributed by atoms with Crippen molar-refractivity contribution in [1.29, 1.82) is 5.26 Å². The molecule has 0 unspecified atom stereocenters. The Balaban J connectivity index is 2.64. The predicted octanol–water partition coefficient (Wildman–Crippen LogP) is 1.62. The highest BCUT2D eigenvalue weighted by Crippen LogP contribution is 2.18. The first-order valence-corrected chi connectivity index (χ1v) is 4.77. The average molecular weight is 211 g/mol. The third kappa shape index (κ3) is 1.71. The number of hydrogen-bond acceptors (Lipinski definition) is 3. The normalized spacial score (nSPS) is 9.75. The van der Waals surface area contributed by atoms with Crippen LogP contribution in [0.3, 0.4) is 0 Å². The number of benzene rings is 1. The van der Waals surface area contributed by atoms with Gasteiger partial charge in [-0.15, -0.1) is 0 Å². The summed E-state index contributed by atoms with van der Waals surface area (Å²) in [5.41, 5.74) is 2.34. The standard InChI is InChI=1S/C12H9N3O/c1-8-11(14-7-15-12(8)16)10-4-2-3-9(5-10)6-13/h2-5,7H,1H3,(H,14,15,16). The monoisotopic (exact) mass is 211 g/mol. The Kier molecular flexibility index (Phi) is 2.52. The maximum atomic E-state index is 11.4. The summed E-state index contributed by atoms with van der Waals surface area (Å²) in [6.07, 6.45) is 1.36. The SMILES string of the molecule is Cc1c(-c2cccc(C#N)c2)nc[nH]c1=O. The van der Waals surface area contributed by atoms with Crippen LogP contribution in [0.15, 0.2) is 35.4 Å². The van der Waals surface area contributed by atoms with Crippen LogP contribution in [0.2, 0.25) is 0 Å². The quantitative estimate of drug-likeness (QED) is 0.779. The van der Waals surface area contributed by atoms with Crippen LogP contribution in [0.4, 0.5) is 0 Å². The average Bonchev–Trinajstić information content (AvgIpc) is 2.33. The van der Waals surface area contributed by atoms with Gasteiger partial charge in [-0.05, 0) is 19.1 Å². The minimum absolute atomic E-state index is 0.160. The van der Waals surface area contributed by atoms with Crippen LogP contribution in [0.1, 0.15) is 11.1 Å². The van der Waals surface area contributed by atoms with Gasteiger partial charge >= 0.3 is 0 Å². The van der Waals surface area contributed by atoms with Crippen molar-refractivity contribution in [3.8, 4) is 17.3 Å². The minimum atomic E-state index is -0.160. The number of nitrogens with one attached hydrogen (secondary N) is 1. The second kappa shape index (κ2) is 3.99. The zero-order chi connectivity index (χ0) is 11.5. The first-order valence-electron chi connectivity index (χ1n) is 4.77. The van der Waals surface area contributed by atoms with Crippen LogP contribution < -0.4 is 5.56 Å². The largest absolute Gasteiger partial charge is 0.313 e. The van der Waals surface area contributed by atoms with E-state index in [2.05, 4.69) is 16.0 Å². The van der Waals surface area contributed by atoms with Crippen LogP contribution in [0.25, 0.3) is 11.3 Å². The van der Waals surface area contributed by atoms with Gasteiger partial charge in [-0.2, -0.15) is 5.26 Å². The van der Waals surface area contributed by atoms with E-state index in [1.54, 1.807) is 25.1 Å². The molecule has 0 spiro atoms. The number of rotatable bonds is 1. The predicted molar refractivity (Wildman–Crippen MR) is 59.7 cm³/mol. The van der Waals surface area contributed by atoms with E-state index in [1.165, 1.54) is 6.33 Å². The molecule has 1 heterocycles. The van der Waals surface area contributed by atoms with Gasteiger partial charge in [0.2, 0.25) is 0 Å². The van der Waals surface area contributed by atoms with E-state index >= 15 is 0 Å². The highest BCUT2D eigenvalue weighted by Gasteiger charge is 2.06. The molecule has 4 nitrogen and oxygen atoms in total. The van der Waals surface area contributed by atoms with Gasteiger partial charge in [-0.3, -0.25) is 4.79 Å². The summed E-state index contributed by atoms with van der Waals surface area (Å²) in [4.78, 5) is 18.0. The molecule has 16 heavy (non-hydrogen) atoms. The number of nitriles is 1. The molecule has 0 aliphatic heterocycles. The Bertz CT molecular complexity index is 623. The van der Waals surface area contributed by atoms with E-state index in [4.69, 9.17) is 5.26 Å². The molecule has 4 heteroatoms. The summed E-state index contributed by atoms with van der Waals surface area (Å²) in [5.74, 6) is 0. The molecule has 1 aromatic carbocycles. The molecule has 0 saturated carbocycles. The lowest BCUT2D eigenvalue weighted by Gasteiger charge is -2.03. The fraction of sp³-hybridized carbons (Fsp3) is 0.0833. The van der Waals surface area contributed by atoms with E-state index in [0.29, 0.717) is 16.8 Å². The van der Waals surface area contributed by atoms with E-state index in [0.717, 1.165) is 5.56 Å². The van der Waals surface area contributed by atoms with Crippen LogP contribution in [-0.2, 0) is 0 Å². The Morgan fingerprint density at radius 1 is 1.44 bits per heavy atom. The van der Waals surface area contributed by atoms with E-state index in [1.807, 2.05) is 6.07 Å². The maximum Gasteiger partial charge on any atom is 0.254 e. The third-order valence-electron chi connectivity index (χ3n) is 2.35. The summed E-state index contributed by atoms with van der Waals surface area (Å²) >= 11 is 0. The van der Waals surface area contributed by atoms with Crippen molar-refractivity contribution in [2.24, 2.45) is 0 Å². The molecule has 0 fully saturated rings. The molecule has 0 aliphatic rings. The highest BCUT2D eigenvalue weighted by molar-refractivity contribution is 5.63. The van der Waals surface area contributed by atoms with E-state index in [9.17, 15) is 4.79 Å². The molecule has 0 atom stereocenters. The molecular weight excluding hydrogens is 202 g/mol. The third-order valence-corrected chi connectivity index (χ3v) is 2.35. The van der Waals surface area contributed by atoms with Crippen molar-refractivity contribution >= 4 is 0 Å². The van der Waals surface area contributed by atoms with Gasteiger partial charge in [0.05, 0.1) is 23.7 Å². The molecule has 0 bridgehead atoms. The first-order chi connectivity index (χ1) is 7.72. The van der Waals surface area contributed by atoms with Gasteiger partial charge in [0.15, 0.2) is 0 Å². The van der Waals surface area contributed by atoms with E-state index in [-0.39, 0.29) is 5.56 Å². The van der Waals surface area contributed by atoms with Crippen molar-refractivity contribution in [3.63, 3.8) is 0 Å². The van der Waals surface area contributed by atoms with Gasteiger partial charge < -0.3 is 4.98 Å². The Morgan fingerprint density at radius 3 is 3.00 bits per heavy atom. The van der Waals surface area contributed by atoms with Gasteiger partial charge in [-0.25, -0.2) is 4.98 Å². The van der Waals surface area contributed by atoms with Crippen molar-refractivity contribution in [1.82, 2.24) is 9.97 Å². The van der Waals surface area contributed by atoms with Crippen molar-refractivity contribution in [2.45, 2.75) is 6.92 Å². The van der Waals surface area contributed by atoms with Crippen molar-refractivity contribution in [3.05, 3.63) is 52.1 Å². The van der Waals surface area contributed by atoms with Gasteiger partial charge in [0.1, 0.15) is 0 Å². The summed E-state index contributed by atoms with van der Waals surface area (Å²) in [6.45, 7) is 1.71. The summed E-state index contributed by atoms with van der Waals surface area (Å²) < 4.78 is 0. The number of nitrogens with zero attached hydrogens (tertiary/aromatic N) is 2. The lowest BCUT2D eigenvalue weighted by molar-refractivity contribution is 1.08. The van der Waals surface area contributed by atoms with Crippen LogP contribution >= 0.6 is 0 Å². The Labute approximate surface area is 92.2 Å². The molecular formula is C12H9N3O. The molecule has 2 aromatic rings. The number of hydrogen-bond donors (Lipinski definition) is 1. The first kappa shape index (κ1) is 10.1. The molecule has 0 aliphatic carbocycles. The van der Waals surface area contributed by atoms with Crippen LogP contribution in [0, 0.1) is 18.3 Å². The minimum Gasteiger partial charge on any atom is -0.313 e. The molecule has 78 valence electrons. The van der Waals surface area contributed by atoms with Crippen LogP contribution in [0.5, 0.6) is 0 Å². The lowest BCUT2D eigenvalue weighted by atomic mass is 10.1. The van der Waals surface area contributed by atoms with Crippen molar-refractivity contribution < 1.29 is 0 Å². The number of aromatic nitrogens is 2. The molecule has 0 amide bonds. The second-order valence-electron chi connectivity index (χ2n) is 3.40. The zero-order valence-corrected chi connectivity index (χ0v) is 8.69. The lowest BCUT2D eigenvalue weighted by Crippen LogP contribution is -2.11. The summed E-state index contributed by atoms with van der Waals surface area (Å²) in [5, 5.41) is 8.79. The summed E-state index contributed by atoms with van der Waals surface area (Å²) in [7, 11) is 0. The highest BCUT2D eigenvalue weighted by atomic mass is 16.1. The maximum absolute atomic E-state index is 11.4. The molecule has 0 saturated heterocycles. The van der Waals surface area contributed by atoms with E-state index < -0.39 is 0 Å². The Hall–Kier alpha value is -2.41. The fourth-order valence-corrected chi connectivity index (χ4v) is 1.50. The van der Waals surface area contributed by atoms with Crippen LogP contribution in [-0.4, -0.2) is 9.97 Å². The smallest absolute Gasteiger partial charge is 0.254 e. The van der Waals surface area contributed by atoms with Gasteiger partial charge in [0, 0.05) is 11.1 Å². The second-order valence-corrected chi connectivity index (χ2v) is 3.40. The molecule has 1 N–H and O–H groups in total. The molecule has 0 radical (unpaired) electrons. The van der Waals surface area contributed by atoms with Gasteiger partial charge in [-0.1, -0.05) is 12.1 Å². The fourth-order valence-electron chi connectivity index (χ4n) is 1.50. The molecule has 2 rings (SSSR count). The molecule has 1 aromatic heterocycles. The Morgan fingerprint density at radius 2 is 2.25 bits per heavy atom. The number of aromatic amines is 1.